The molecule has 0 saturated carbocycles. The SMILES string of the molecule is CC(C)C(C(=O)O)C1(O)CC(C)(C)OC1(C)C. The predicted octanol–water partition coefficient (Wildman–Crippen LogP) is 2.05. The first kappa shape index (κ1) is 14.5. The number of ether oxygens (including phenoxy) is 1. The second kappa shape index (κ2) is 3.95. The third-order valence-corrected chi connectivity index (χ3v) is 3.72. The van der Waals surface area contributed by atoms with Crippen molar-refractivity contribution in [1.82, 2.24) is 0 Å². The highest BCUT2D eigenvalue weighted by Gasteiger charge is 2.62. The monoisotopic (exact) mass is 244 g/mol. The Balaban J connectivity index is 3.20. The summed E-state index contributed by atoms with van der Waals surface area (Å²) in [6.45, 7) is 10.9. The summed E-state index contributed by atoms with van der Waals surface area (Å²) in [5.41, 5.74) is -2.69. The minimum Gasteiger partial charge on any atom is -0.481 e. The first-order chi connectivity index (χ1) is 7.43. The van der Waals surface area contributed by atoms with Crippen LogP contribution in [-0.4, -0.2) is 33.0 Å². The molecule has 0 aromatic carbocycles. The zero-order chi connectivity index (χ0) is 13.6. The Bertz CT molecular complexity index is 319. The quantitative estimate of drug-likeness (QED) is 0.797. The van der Waals surface area contributed by atoms with Crippen molar-refractivity contribution in [2.45, 2.75) is 64.8 Å². The maximum atomic E-state index is 11.4. The predicted molar refractivity (Wildman–Crippen MR) is 64.8 cm³/mol. The summed E-state index contributed by atoms with van der Waals surface area (Å²) in [6, 6.07) is 0. The van der Waals surface area contributed by atoms with Gasteiger partial charge in [0.1, 0.15) is 5.60 Å². The van der Waals surface area contributed by atoms with Gasteiger partial charge < -0.3 is 14.9 Å². The van der Waals surface area contributed by atoms with Crippen LogP contribution >= 0.6 is 0 Å². The van der Waals surface area contributed by atoms with Crippen LogP contribution in [0.15, 0.2) is 0 Å². The van der Waals surface area contributed by atoms with Gasteiger partial charge in [-0.25, -0.2) is 0 Å². The van der Waals surface area contributed by atoms with Gasteiger partial charge in [-0.15, -0.1) is 0 Å². The molecule has 1 rings (SSSR count). The van der Waals surface area contributed by atoms with Crippen molar-refractivity contribution in [2.24, 2.45) is 11.8 Å². The van der Waals surface area contributed by atoms with Crippen LogP contribution in [-0.2, 0) is 9.53 Å². The molecule has 0 aliphatic carbocycles. The highest BCUT2D eigenvalue weighted by molar-refractivity contribution is 5.72. The Hall–Kier alpha value is -0.610. The summed E-state index contributed by atoms with van der Waals surface area (Å²) in [6.07, 6.45) is 0.335. The lowest BCUT2D eigenvalue weighted by Gasteiger charge is -2.41. The van der Waals surface area contributed by atoms with Gasteiger partial charge in [0.2, 0.25) is 0 Å². The van der Waals surface area contributed by atoms with Crippen LogP contribution in [0.5, 0.6) is 0 Å². The Morgan fingerprint density at radius 1 is 1.24 bits per heavy atom. The molecule has 2 unspecified atom stereocenters. The zero-order valence-electron chi connectivity index (χ0n) is 11.6. The van der Waals surface area contributed by atoms with Crippen LogP contribution in [0.25, 0.3) is 0 Å². The average Bonchev–Trinajstić information content (AvgIpc) is 2.11. The van der Waals surface area contributed by atoms with Crippen LogP contribution in [0.2, 0.25) is 0 Å². The number of aliphatic carboxylic acids is 1. The largest absolute Gasteiger partial charge is 0.481 e. The molecule has 100 valence electrons. The molecule has 4 heteroatoms. The fraction of sp³-hybridized carbons (Fsp3) is 0.923. The van der Waals surface area contributed by atoms with E-state index in [1.54, 1.807) is 13.8 Å². The molecule has 2 atom stereocenters. The maximum Gasteiger partial charge on any atom is 0.309 e. The van der Waals surface area contributed by atoms with Gasteiger partial charge in [-0.2, -0.15) is 0 Å². The lowest BCUT2D eigenvalue weighted by atomic mass is 9.69. The van der Waals surface area contributed by atoms with Gasteiger partial charge in [0.15, 0.2) is 0 Å². The van der Waals surface area contributed by atoms with Gasteiger partial charge in [-0.3, -0.25) is 4.79 Å². The molecule has 1 aliphatic rings. The molecule has 1 saturated heterocycles. The number of carboxylic acids is 1. The molecule has 0 spiro atoms. The molecular weight excluding hydrogens is 220 g/mol. The van der Waals surface area contributed by atoms with Crippen molar-refractivity contribution < 1.29 is 19.7 Å². The Morgan fingerprint density at radius 3 is 1.94 bits per heavy atom. The lowest BCUT2D eigenvalue weighted by Crippen LogP contribution is -2.56. The van der Waals surface area contributed by atoms with E-state index in [0.29, 0.717) is 6.42 Å². The summed E-state index contributed by atoms with van der Waals surface area (Å²) >= 11 is 0. The molecule has 4 nitrogen and oxygen atoms in total. The topological polar surface area (TPSA) is 66.8 Å². The van der Waals surface area contributed by atoms with Gasteiger partial charge >= 0.3 is 5.97 Å². The summed E-state index contributed by atoms with van der Waals surface area (Å²) < 4.78 is 5.82. The summed E-state index contributed by atoms with van der Waals surface area (Å²) in [5.74, 6) is -1.93. The summed E-state index contributed by atoms with van der Waals surface area (Å²) in [5, 5.41) is 20.2. The number of aliphatic hydroxyl groups is 1. The fourth-order valence-electron chi connectivity index (χ4n) is 3.20. The van der Waals surface area contributed by atoms with Crippen LogP contribution in [0.3, 0.4) is 0 Å². The van der Waals surface area contributed by atoms with Crippen LogP contribution in [0.4, 0.5) is 0 Å². The van der Waals surface area contributed by atoms with Crippen LogP contribution in [0, 0.1) is 11.8 Å². The molecule has 1 fully saturated rings. The van der Waals surface area contributed by atoms with Gasteiger partial charge in [0.05, 0.1) is 17.1 Å². The number of rotatable bonds is 3. The molecule has 0 aromatic rings. The van der Waals surface area contributed by atoms with E-state index in [2.05, 4.69) is 0 Å². The van der Waals surface area contributed by atoms with Crippen molar-refractivity contribution in [1.29, 1.82) is 0 Å². The fourth-order valence-corrected chi connectivity index (χ4v) is 3.20. The first-order valence-corrected chi connectivity index (χ1v) is 6.08. The van der Waals surface area contributed by atoms with E-state index in [9.17, 15) is 15.0 Å². The Labute approximate surface area is 103 Å². The van der Waals surface area contributed by atoms with Gasteiger partial charge in [-0.1, -0.05) is 13.8 Å². The van der Waals surface area contributed by atoms with Crippen molar-refractivity contribution in [3.8, 4) is 0 Å². The minimum absolute atomic E-state index is 0.144. The molecule has 17 heavy (non-hydrogen) atoms. The number of carbonyl (C=O) groups is 1. The summed E-state index contributed by atoms with van der Waals surface area (Å²) in [4.78, 5) is 11.4. The molecular formula is C13H24O4. The standard InChI is InChI=1S/C13H24O4/c1-8(2)9(10(14)15)13(16)7-11(3,4)17-12(13,5)6/h8-9,16H,7H2,1-6H3,(H,14,15). The van der Waals surface area contributed by atoms with E-state index in [-0.39, 0.29) is 5.92 Å². The molecule has 2 N–H and O–H groups in total. The third-order valence-electron chi connectivity index (χ3n) is 3.72. The highest BCUT2D eigenvalue weighted by Crippen LogP contribution is 2.50. The Kier molecular flexibility index (Phi) is 3.36. The summed E-state index contributed by atoms with van der Waals surface area (Å²) in [7, 11) is 0. The Morgan fingerprint density at radius 2 is 1.71 bits per heavy atom. The van der Waals surface area contributed by atoms with E-state index in [4.69, 9.17) is 4.74 Å². The highest BCUT2D eigenvalue weighted by atomic mass is 16.5. The molecule has 0 amide bonds. The van der Waals surface area contributed by atoms with Gasteiger partial charge in [0.25, 0.3) is 0 Å². The number of hydrogen-bond acceptors (Lipinski definition) is 3. The molecule has 0 bridgehead atoms. The second-order valence-electron chi connectivity index (χ2n) is 6.53. The van der Waals surface area contributed by atoms with Crippen molar-refractivity contribution in [3.63, 3.8) is 0 Å². The van der Waals surface area contributed by atoms with Gasteiger partial charge in [-0.05, 0) is 33.6 Å². The molecule has 0 aromatic heterocycles. The number of hydrogen-bond donors (Lipinski definition) is 2. The molecule has 1 heterocycles. The minimum atomic E-state index is -1.34. The average molecular weight is 244 g/mol. The van der Waals surface area contributed by atoms with Gasteiger partial charge in [0, 0.05) is 6.42 Å². The van der Waals surface area contributed by atoms with Crippen molar-refractivity contribution in [2.75, 3.05) is 0 Å². The molecule has 1 aliphatic heterocycles. The van der Waals surface area contributed by atoms with Crippen LogP contribution < -0.4 is 0 Å². The normalized spacial score (nSPS) is 32.7. The van der Waals surface area contributed by atoms with Crippen molar-refractivity contribution >= 4 is 5.97 Å². The lowest BCUT2D eigenvalue weighted by molar-refractivity contribution is -0.178. The smallest absolute Gasteiger partial charge is 0.309 e. The van der Waals surface area contributed by atoms with Crippen molar-refractivity contribution in [3.05, 3.63) is 0 Å². The van der Waals surface area contributed by atoms with E-state index < -0.39 is 28.7 Å². The van der Waals surface area contributed by atoms with E-state index in [1.165, 1.54) is 0 Å². The maximum absolute atomic E-state index is 11.4. The third kappa shape index (κ3) is 2.33. The van der Waals surface area contributed by atoms with Crippen LogP contribution in [0.1, 0.15) is 48.0 Å². The second-order valence-corrected chi connectivity index (χ2v) is 6.53. The molecule has 0 radical (unpaired) electrons. The van der Waals surface area contributed by atoms with E-state index in [1.807, 2.05) is 27.7 Å². The van der Waals surface area contributed by atoms with E-state index >= 15 is 0 Å². The van der Waals surface area contributed by atoms with E-state index in [0.717, 1.165) is 0 Å². The first-order valence-electron chi connectivity index (χ1n) is 6.08. The zero-order valence-corrected chi connectivity index (χ0v) is 11.6. The number of carboxylic acid groups (broad SMARTS) is 1.